The van der Waals surface area contributed by atoms with Crippen LogP contribution in [0.5, 0.6) is 0 Å². The van der Waals surface area contributed by atoms with Crippen LogP contribution < -0.4 is 0 Å². The fourth-order valence-corrected chi connectivity index (χ4v) is 1.95. The second kappa shape index (κ2) is 8.28. The second-order valence-corrected chi connectivity index (χ2v) is 4.89. The van der Waals surface area contributed by atoms with E-state index in [1.165, 1.54) is 32.1 Å². The van der Waals surface area contributed by atoms with Crippen molar-refractivity contribution in [2.45, 2.75) is 72.3 Å². The third-order valence-electron chi connectivity index (χ3n) is 3.20. The van der Waals surface area contributed by atoms with E-state index in [9.17, 15) is 5.11 Å². The number of rotatable bonds is 8. The molecule has 0 rings (SSSR count). The zero-order valence-corrected chi connectivity index (χ0v) is 10.4. The molecule has 0 aliphatic carbocycles. The van der Waals surface area contributed by atoms with E-state index in [0.717, 1.165) is 12.3 Å². The van der Waals surface area contributed by atoms with E-state index in [2.05, 4.69) is 20.8 Å². The maximum Gasteiger partial charge on any atom is 0.0514 e. The molecular weight excluding hydrogens is 172 g/mol. The molecule has 3 unspecified atom stereocenters. The summed E-state index contributed by atoms with van der Waals surface area (Å²) in [6, 6.07) is 0. The first-order chi connectivity index (χ1) is 6.57. The first-order valence-electron chi connectivity index (χ1n) is 6.26. The molecule has 0 aromatic rings. The van der Waals surface area contributed by atoms with Crippen molar-refractivity contribution in [2.24, 2.45) is 11.8 Å². The highest BCUT2D eigenvalue weighted by Gasteiger charge is 2.13. The molecule has 0 heterocycles. The lowest BCUT2D eigenvalue weighted by molar-refractivity contribution is 0.146. The molecule has 1 heteroatoms. The summed E-state index contributed by atoms with van der Waals surface area (Å²) in [5.41, 5.74) is 0. The van der Waals surface area contributed by atoms with Gasteiger partial charge in [0.2, 0.25) is 0 Å². The lowest BCUT2D eigenvalue weighted by atomic mass is 9.87. The second-order valence-electron chi connectivity index (χ2n) is 4.89. The van der Waals surface area contributed by atoms with Crippen molar-refractivity contribution in [3.8, 4) is 0 Å². The van der Waals surface area contributed by atoms with E-state index in [4.69, 9.17) is 0 Å². The van der Waals surface area contributed by atoms with Gasteiger partial charge in [-0.25, -0.2) is 0 Å². The van der Waals surface area contributed by atoms with Crippen LogP contribution in [0.1, 0.15) is 66.2 Å². The van der Waals surface area contributed by atoms with Gasteiger partial charge in [0.1, 0.15) is 0 Å². The van der Waals surface area contributed by atoms with Gasteiger partial charge in [-0.1, -0.05) is 52.9 Å². The Labute approximate surface area is 89.9 Å². The molecule has 0 saturated heterocycles. The van der Waals surface area contributed by atoms with Crippen molar-refractivity contribution in [2.75, 3.05) is 0 Å². The summed E-state index contributed by atoms with van der Waals surface area (Å²) in [6.45, 7) is 8.72. The van der Waals surface area contributed by atoms with Gasteiger partial charge in [0, 0.05) is 0 Å². The topological polar surface area (TPSA) is 20.2 Å². The van der Waals surface area contributed by atoms with Crippen LogP contribution in [0.25, 0.3) is 0 Å². The molecule has 0 bridgehead atoms. The first-order valence-corrected chi connectivity index (χ1v) is 6.26. The Hall–Kier alpha value is -0.0400. The predicted octanol–water partition coefficient (Wildman–Crippen LogP) is 4.00. The summed E-state index contributed by atoms with van der Waals surface area (Å²) in [5.74, 6) is 1.43. The lowest BCUT2D eigenvalue weighted by Gasteiger charge is -2.21. The average Bonchev–Trinajstić information content (AvgIpc) is 2.11. The van der Waals surface area contributed by atoms with Gasteiger partial charge in [-0.2, -0.15) is 0 Å². The summed E-state index contributed by atoms with van der Waals surface area (Å²) < 4.78 is 0. The number of aliphatic hydroxyl groups excluding tert-OH is 1. The van der Waals surface area contributed by atoms with Crippen molar-refractivity contribution in [3.05, 3.63) is 0 Å². The van der Waals surface area contributed by atoms with E-state index in [0.29, 0.717) is 5.92 Å². The summed E-state index contributed by atoms with van der Waals surface area (Å²) in [6.07, 6.45) is 7.57. The molecular formula is C13H28O. The van der Waals surface area contributed by atoms with Crippen molar-refractivity contribution in [3.63, 3.8) is 0 Å². The third-order valence-corrected chi connectivity index (χ3v) is 3.20. The van der Waals surface area contributed by atoms with Gasteiger partial charge in [-0.3, -0.25) is 0 Å². The third kappa shape index (κ3) is 7.37. The van der Waals surface area contributed by atoms with Gasteiger partial charge >= 0.3 is 0 Å². The van der Waals surface area contributed by atoms with Crippen LogP contribution in [0.4, 0.5) is 0 Å². The fraction of sp³-hybridized carbons (Fsp3) is 1.00. The minimum Gasteiger partial charge on any atom is -0.393 e. The Morgan fingerprint density at radius 1 is 0.929 bits per heavy atom. The highest BCUT2D eigenvalue weighted by Crippen LogP contribution is 2.22. The molecule has 86 valence electrons. The van der Waals surface area contributed by atoms with E-state index < -0.39 is 0 Å². The maximum atomic E-state index is 9.28. The van der Waals surface area contributed by atoms with Gasteiger partial charge < -0.3 is 5.11 Å². The molecule has 3 atom stereocenters. The SMILES string of the molecule is CCCCCCC(C)C(C)CC(C)O. The van der Waals surface area contributed by atoms with E-state index >= 15 is 0 Å². The van der Waals surface area contributed by atoms with Crippen LogP contribution in [-0.4, -0.2) is 11.2 Å². The molecule has 0 aliphatic heterocycles. The number of hydrogen-bond acceptors (Lipinski definition) is 1. The van der Waals surface area contributed by atoms with Gasteiger partial charge in [0.25, 0.3) is 0 Å². The monoisotopic (exact) mass is 200 g/mol. The van der Waals surface area contributed by atoms with Crippen LogP contribution in [0, 0.1) is 11.8 Å². The molecule has 0 aromatic heterocycles. The number of aliphatic hydroxyl groups is 1. The lowest BCUT2D eigenvalue weighted by Crippen LogP contribution is -2.14. The van der Waals surface area contributed by atoms with Crippen LogP contribution in [0.2, 0.25) is 0 Å². The summed E-state index contributed by atoms with van der Waals surface area (Å²) in [5, 5.41) is 9.28. The molecule has 0 saturated carbocycles. The fourth-order valence-electron chi connectivity index (χ4n) is 1.95. The summed E-state index contributed by atoms with van der Waals surface area (Å²) in [4.78, 5) is 0. The van der Waals surface area contributed by atoms with Crippen molar-refractivity contribution < 1.29 is 5.11 Å². The Bertz CT molecular complexity index is 120. The van der Waals surface area contributed by atoms with Crippen LogP contribution in [0.3, 0.4) is 0 Å². The molecule has 0 spiro atoms. The normalized spacial score (nSPS) is 17.8. The van der Waals surface area contributed by atoms with Crippen LogP contribution >= 0.6 is 0 Å². The summed E-state index contributed by atoms with van der Waals surface area (Å²) >= 11 is 0. The number of hydrogen-bond donors (Lipinski definition) is 1. The molecule has 0 aromatic carbocycles. The standard InChI is InChI=1S/C13H28O/c1-5-6-7-8-9-11(2)12(3)10-13(4)14/h11-14H,5-10H2,1-4H3. The van der Waals surface area contributed by atoms with Crippen molar-refractivity contribution in [1.82, 2.24) is 0 Å². The highest BCUT2D eigenvalue weighted by atomic mass is 16.3. The van der Waals surface area contributed by atoms with Gasteiger partial charge in [0.15, 0.2) is 0 Å². The van der Waals surface area contributed by atoms with Crippen LogP contribution in [0.15, 0.2) is 0 Å². The molecule has 14 heavy (non-hydrogen) atoms. The molecule has 0 aliphatic rings. The quantitative estimate of drug-likeness (QED) is 0.587. The first kappa shape index (κ1) is 14.0. The van der Waals surface area contributed by atoms with Gasteiger partial charge in [-0.15, -0.1) is 0 Å². The molecule has 1 nitrogen and oxygen atoms in total. The Morgan fingerprint density at radius 2 is 1.57 bits per heavy atom. The molecule has 0 amide bonds. The largest absolute Gasteiger partial charge is 0.393 e. The molecule has 0 fully saturated rings. The molecule has 1 N–H and O–H groups in total. The Morgan fingerprint density at radius 3 is 2.07 bits per heavy atom. The van der Waals surface area contributed by atoms with Gasteiger partial charge in [0.05, 0.1) is 6.10 Å². The Balaban J connectivity index is 3.46. The minimum absolute atomic E-state index is 0.136. The van der Waals surface area contributed by atoms with Crippen molar-refractivity contribution in [1.29, 1.82) is 0 Å². The smallest absolute Gasteiger partial charge is 0.0514 e. The van der Waals surface area contributed by atoms with E-state index in [-0.39, 0.29) is 6.10 Å². The maximum absolute atomic E-state index is 9.28. The van der Waals surface area contributed by atoms with Gasteiger partial charge in [-0.05, 0) is 25.2 Å². The highest BCUT2D eigenvalue weighted by molar-refractivity contribution is 4.64. The van der Waals surface area contributed by atoms with Crippen LogP contribution in [-0.2, 0) is 0 Å². The average molecular weight is 200 g/mol. The Kier molecular flexibility index (Phi) is 8.26. The molecule has 0 radical (unpaired) electrons. The summed E-state index contributed by atoms with van der Waals surface area (Å²) in [7, 11) is 0. The number of unbranched alkanes of at least 4 members (excludes halogenated alkanes) is 3. The zero-order chi connectivity index (χ0) is 11.0. The predicted molar refractivity (Wildman–Crippen MR) is 63.4 cm³/mol. The minimum atomic E-state index is -0.136. The van der Waals surface area contributed by atoms with E-state index in [1.807, 2.05) is 6.92 Å². The van der Waals surface area contributed by atoms with Crippen molar-refractivity contribution >= 4 is 0 Å². The van der Waals surface area contributed by atoms with E-state index in [1.54, 1.807) is 0 Å². The zero-order valence-electron chi connectivity index (χ0n) is 10.4.